The minimum Gasteiger partial charge on any atom is -0.488 e. The number of aliphatic carboxylic acids is 1. The van der Waals surface area contributed by atoms with Crippen LogP contribution in [0.5, 0.6) is 5.75 Å². The summed E-state index contributed by atoms with van der Waals surface area (Å²) in [5, 5.41) is 27.0. The summed E-state index contributed by atoms with van der Waals surface area (Å²) in [6.07, 6.45) is 10.6. The molecule has 3 heterocycles. The molecule has 10 nitrogen and oxygen atoms in total. The molecular weight excluding hydrogens is 458 g/mol. The average molecular weight is 492 g/mol. The molecule has 190 valence electrons. The molecule has 3 saturated carbocycles. The number of rotatable bonds is 9. The quantitative estimate of drug-likeness (QED) is 0.480. The van der Waals surface area contributed by atoms with Crippen molar-refractivity contribution in [2.75, 3.05) is 0 Å². The van der Waals surface area contributed by atoms with E-state index in [0.717, 1.165) is 72.2 Å². The summed E-state index contributed by atoms with van der Waals surface area (Å²) < 4.78 is 10.0. The Balaban J connectivity index is 1.24. The fourth-order valence-electron chi connectivity index (χ4n) is 5.28. The van der Waals surface area contributed by atoms with Crippen molar-refractivity contribution in [2.24, 2.45) is 18.4 Å². The van der Waals surface area contributed by atoms with Gasteiger partial charge in [0.1, 0.15) is 11.4 Å². The number of pyridine rings is 1. The molecule has 0 aliphatic heterocycles. The maximum Gasteiger partial charge on any atom is 0.309 e. The van der Waals surface area contributed by atoms with Crippen molar-refractivity contribution < 1.29 is 14.6 Å². The van der Waals surface area contributed by atoms with Crippen molar-refractivity contribution in [3.8, 4) is 17.1 Å². The van der Waals surface area contributed by atoms with E-state index in [-0.39, 0.29) is 6.10 Å². The van der Waals surface area contributed by atoms with Crippen molar-refractivity contribution in [1.29, 1.82) is 0 Å². The second kappa shape index (κ2) is 8.97. The Morgan fingerprint density at radius 3 is 2.75 bits per heavy atom. The largest absolute Gasteiger partial charge is 0.488 e. The molecule has 0 spiro atoms. The van der Waals surface area contributed by atoms with Crippen LogP contribution in [0.1, 0.15) is 81.3 Å². The van der Waals surface area contributed by atoms with Crippen molar-refractivity contribution in [3.63, 3.8) is 0 Å². The minimum absolute atomic E-state index is 0.116. The van der Waals surface area contributed by atoms with E-state index in [1.165, 1.54) is 12.8 Å². The SMILES string of the molecule is Cn1nnc(-c2ccc(O[C@H]3CCC[C@](C)(C(=O)O)C3)c(C3CC3)n2)c1Cn1cc(CC2CC2)nn1. The first kappa shape index (κ1) is 23.1. The first-order valence-corrected chi connectivity index (χ1v) is 13.1. The van der Waals surface area contributed by atoms with Crippen molar-refractivity contribution in [1.82, 2.24) is 35.0 Å². The highest BCUT2D eigenvalue weighted by Gasteiger charge is 2.40. The van der Waals surface area contributed by atoms with E-state index in [1.807, 2.05) is 37.0 Å². The Morgan fingerprint density at radius 2 is 2.00 bits per heavy atom. The van der Waals surface area contributed by atoms with E-state index in [4.69, 9.17) is 9.72 Å². The van der Waals surface area contributed by atoms with Crippen LogP contribution in [0.15, 0.2) is 18.3 Å². The molecule has 3 aromatic heterocycles. The molecule has 0 radical (unpaired) electrons. The van der Waals surface area contributed by atoms with Gasteiger partial charge in [-0.25, -0.2) is 14.3 Å². The topological polar surface area (TPSA) is 121 Å². The molecule has 1 N–H and O–H groups in total. The number of carbonyl (C=O) groups is 1. The highest BCUT2D eigenvalue weighted by molar-refractivity contribution is 5.74. The zero-order valence-electron chi connectivity index (χ0n) is 20.9. The smallest absolute Gasteiger partial charge is 0.309 e. The maximum absolute atomic E-state index is 11.8. The predicted octanol–water partition coefficient (Wildman–Crippen LogP) is 3.76. The average Bonchev–Trinajstić information content (AvgIpc) is 3.77. The summed E-state index contributed by atoms with van der Waals surface area (Å²) in [6.45, 7) is 2.35. The summed E-state index contributed by atoms with van der Waals surface area (Å²) in [5.41, 5.74) is 3.67. The number of hydrogen-bond donors (Lipinski definition) is 1. The molecule has 0 amide bonds. The summed E-state index contributed by atoms with van der Waals surface area (Å²) in [7, 11) is 1.88. The normalized spacial score (nSPS) is 24.1. The third-order valence-corrected chi connectivity index (χ3v) is 7.87. The highest BCUT2D eigenvalue weighted by atomic mass is 16.5. The van der Waals surface area contributed by atoms with E-state index in [2.05, 4.69) is 20.6 Å². The van der Waals surface area contributed by atoms with Crippen molar-refractivity contribution >= 4 is 5.97 Å². The van der Waals surface area contributed by atoms with Crippen LogP contribution in [-0.2, 0) is 24.8 Å². The lowest BCUT2D eigenvalue weighted by Crippen LogP contribution is -2.38. The number of carboxylic acids is 1. The van der Waals surface area contributed by atoms with Gasteiger partial charge >= 0.3 is 5.97 Å². The third-order valence-electron chi connectivity index (χ3n) is 7.87. The summed E-state index contributed by atoms with van der Waals surface area (Å²) in [4.78, 5) is 16.8. The fourth-order valence-corrected chi connectivity index (χ4v) is 5.28. The minimum atomic E-state index is -0.742. The fraction of sp³-hybridized carbons (Fsp3) is 0.615. The van der Waals surface area contributed by atoms with Gasteiger partial charge in [-0.2, -0.15) is 0 Å². The van der Waals surface area contributed by atoms with Gasteiger partial charge in [-0.3, -0.25) is 4.79 Å². The Labute approximate surface area is 210 Å². The van der Waals surface area contributed by atoms with E-state index in [0.29, 0.717) is 25.3 Å². The second-order valence-electron chi connectivity index (χ2n) is 11.1. The van der Waals surface area contributed by atoms with E-state index < -0.39 is 11.4 Å². The van der Waals surface area contributed by atoms with Gasteiger partial charge in [0.25, 0.3) is 0 Å². The first-order chi connectivity index (χ1) is 17.4. The number of hydrogen-bond acceptors (Lipinski definition) is 7. The number of carboxylic acid groups (broad SMARTS) is 1. The van der Waals surface area contributed by atoms with Gasteiger partial charge in [0.15, 0.2) is 0 Å². The van der Waals surface area contributed by atoms with Gasteiger partial charge in [-0.05, 0) is 76.3 Å². The number of aryl methyl sites for hydroxylation is 1. The van der Waals surface area contributed by atoms with E-state index in [9.17, 15) is 9.90 Å². The zero-order valence-corrected chi connectivity index (χ0v) is 20.9. The van der Waals surface area contributed by atoms with Crippen LogP contribution in [0.3, 0.4) is 0 Å². The lowest BCUT2D eigenvalue weighted by molar-refractivity contribution is -0.151. The first-order valence-electron chi connectivity index (χ1n) is 13.1. The molecule has 3 aliphatic rings. The van der Waals surface area contributed by atoms with Gasteiger partial charge in [0, 0.05) is 25.6 Å². The summed E-state index contributed by atoms with van der Waals surface area (Å²) >= 11 is 0. The standard InChI is InChI=1S/C26H33N7O3/c1-26(25(34)35)11-3-4-19(13-26)36-22-10-9-20(27-23(22)17-7-8-17)24-21(32(2)30-29-24)15-33-14-18(28-31-33)12-16-5-6-16/h9-10,14,16-17,19H,3-8,11-13,15H2,1-2H3,(H,34,35)/t19-,26-/m0/s1. The molecule has 3 aromatic rings. The summed E-state index contributed by atoms with van der Waals surface area (Å²) in [6, 6.07) is 3.91. The molecule has 0 aromatic carbocycles. The van der Waals surface area contributed by atoms with Crippen LogP contribution >= 0.6 is 0 Å². The number of aromatic nitrogens is 7. The highest BCUT2D eigenvalue weighted by Crippen LogP contribution is 2.45. The van der Waals surface area contributed by atoms with Gasteiger partial charge in [-0.15, -0.1) is 10.2 Å². The molecular formula is C26H33N7O3. The van der Waals surface area contributed by atoms with Gasteiger partial charge in [0.05, 0.1) is 40.8 Å². The molecule has 2 atom stereocenters. The Hall–Kier alpha value is -3.30. The molecule has 10 heteroatoms. The van der Waals surface area contributed by atoms with Gasteiger partial charge < -0.3 is 9.84 Å². The van der Waals surface area contributed by atoms with Crippen LogP contribution < -0.4 is 4.74 Å². The van der Waals surface area contributed by atoms with Gasteiger partial charge in [-0.1, -0.05) is 10.4 Å². The van der Waals surface area contributed by atoms with Crippen LogP contribution in [0.4, 0.5) is 0 Å². The number of nitrogens with zero attached hydrogens (tertiary/aromatic N) is 7. The molecule has 3 aliphatic carbocycles. The van der Waals surface area contributed by atoms with Crippen LogP contribution in [0.2, 0.25) is 0 Å². The van der Waals surface area contributed by atoms with Crippen LogP contribution in [-0.4, -0.2) is 52.2 Å². The lowest BCUT2D eigenvalue weighted by Gasteiger charge is -2.35. The van der Waals surface area contributed by atoms with Crippen molar-refractivity contribution in [2.45, 2.75) is 83.3 Å². The Morgan fingerprint density at radius 1 is 1.17 bits per heavy atom. The molecule has 0 saturated heterocycles. The molecule has 36 heavy (non-hydrogen) atoms. The molecule has 6 rings (SSSR count). The number of ether oxygens (including phenoxy) is 1. The Kier molecular flexibility index (Phi) is 5.76. The van der Waals surface area contributed by atoms with Crippen LogP contribution in [0.25, 0.3) is 11.4 Å². The third kappa shape index (κ3) is 4.73. The van der Waals surface area contributed by atoms with E-state index in [1.54, 1.807) is 4.68 Å². The maximum atomic E-state index is 11.8. The van der Waals surface area contributed by atoms with E-state index >= 15 is 0 Å². The second-order valence-corrected chi connectivity index (χ2v) is 11.1. The molecule has 3 fully saturated rings. The molecule has 0 bridgehead atoms. The zero-order chi connectivity index (χ0) is 24.9. The predicted molar refractivity (Wildman–Crippen MR) is 130 cm³/mol. The summed E-state index contributed by atoms with van der Waals surface area (Å²) in [5.74, 6) is 1.16. The molecule has 0 unspecified atom stereocenters. The Bertz CT molecular complexity index is 1280. The van der Waals surface area contributed by atoms with Crippen LogP contribution in [0, 0.1) is 11.3 Å². The van der Waals surface area contributed by atoms with Crippen molar-refractivity contribution in [3.05, 3.63) is 35.4 Å². The lowest BCUT2D eigenvalue weighted by atomic mass is 9.74. The monoisotopic (exact) mass is 491 g/mol. The van der Waals surface area contributed by atoms with Gasteiger partial charge in [0.2, 0.25) is 0 Å².